The first-order valence-electron chi connectivity index (χ1n) is 6.14. The van der Waals surface area contributed by atoms with E-state index >= 15 is 0 Å². The Bertz CT molecular complexity index is 457. The maximum Gasteiger partial charge on any atom is 0.310 e. The van der Waals surface area contributed by atoms with Gasteiger partial charge in [0.1, 0.15) is 6.61 Å². The van der Waals surface area contributed by atoms with Gasteiger partial charge < -0.3 is 15.2 Å². The molecule has 0 radical (unpaired) electrons. The van der Waals surface area contributed by atoms with E-state index < -0.39 is 11.9 Å². The highest BCUT2D eigenvalue weighted by molar-refractivity contribution is 5.92. The van der Waals surface area contributed by atoms with Crippen LogP contribution in [0.1, 0.15) is 32.3 Å². The van der Waals surface area contributed by atoms with Crippen LogP contribution in [0.15, 0.2) is 24.3 Å². The Balaban J connectivity index is 2.67. The number of anilines is 1. The third-order valence-electron chi connectivity index (χ3n) is 2.59. The SMILES string of the molecule is CC(C)OCC(=O)Nc1cccc(C(C)C(=O)O)c1. The highest BCUT2D eigenvalue weighted by Crippen LogP contribution is 2.19. The van der Waals surface area contributed by atoms with Crippen LogP contribution in [-0.2, 0) is 14.3 Å². The number of rotatable bonds is 6. The largest absolute Gasteiger partial charge is 0.481 e. The lowest BCUT2D eigenvalue weighted by molar-refractivity contribution is -0.138. The number of carbonyl (C=O) groups is 2. The number of hydrogen-bond donors (Lipinski definition) is 2. The van der Waals surface area contributed by atoms with Gasteiger partial charge in [-0.05, 0) is 38.5 Å². The van der Waals surface area contributed by atoms with Crippen LogP contribution in [0.5, 0.6) is 0 Å². The number of aliphatic carboxylic acids is 1. The quantitative estimate of drug-likeness (QED) is 0.827. The molecule has 1 aromatic carbocycles. The Labute approximate surface area is 112 Å². The molecule has 0 heterocycles. The molecule has 0 fully saturated rings. The predicted molar refractivity (Wildman–Crippen MR) is 72.2 cm³/mol. The second kappa shape index (κ2) is 6.89. The first kappa shape index (κ1) is 15.2. The molecule has 0 saturated carbocycles. The molecule has 0 aliphatic carbocycles. The molecule has 5 heteroatoms. The molecule has 5 nitrogen and oxygen atoms in total. The van der Waals surface area contributed by atoms with Gasteiger partial charge in [0.2, 0.25) is 5.91 Å². The van der Waals surface area contributed by atoms with Crippen LogP contribution in [0.2, 0.25) is 0 Å². The lowest BCUT2D eigenvalue weighted by atomic mass is 10.0. The molecule has 1 unspecified atom stereocenters. The summed E-state index contributed by atoms with van der Waals surface area (Å²) in [6.45, 7) is 5.28. The molecule has 1 aromatic rings. The molecule has 2 N–H and O–H groups in total. The van der Waals surface area contributed by atoms with E-state index in [1.807, 2.05) is 13.8 Å². The second-order valence-corrected chi connectivity index (χ2v) is 4.59. The summed E-state index contributed by atoms with van der Waals surface area (Å²) in [6.07, 6.45) is -0.0101. The summed E-state index contributed by atoms with van der Waals surface area (Å²) in [4.78, 5) is 22.5. The normalized spacial score (nSPS) is 12.2. The molecule has 1 amide bonds. The summed E-state index contributed by atoms with van der Waals surface area (Å²) in [6, 6.07) is 6.81. The zero-order valence-corrected chi connectivity index (χ0v) is 11.3. The van der Waals surface area contributed by atoms with Gasteiger partial charge in [-0.15, -0.1) is 0 Å². The molecule has 0 aliphatic heterocycles. The number of nitrogens with one attached hydrogen (secondary N) is 1. The summed E-state index contributed by atoms with van der Waals surface area (Å²) in [5, 5.41) is 11.6. The predicted octanol–water partition coefficient (Wildman–Crippen LogP) is 2.24. The first-order chi connectivity index (χ1) is 8.90. The molecular weight excluding hydrogens is 246 g/mol. The Hall–Kier alpha value is -1.88. The first-order valence-corrected chi connectivity index (χ1v) is 6.14. The number of amides is 1. The van der Waals surface area contributed by atoms with Crippen molar-refractivity contribution in [1.82, 2.24) is 0 Å². The van der Waals surface area contributed by atoms with Gasteiger partial charge in [0.25, 0.3) is 0 Å². The van der Waals surface area contributed by atoms with Crippen LogP contribution < -0.4 is 5.32 Å². The summed E-state index contributed by atoms with van der Waals surface area (Å²) in [5.41, 5.74) is 1.22. The van der Waals surface area contributed by atoms with Crippen molar-refractivity contribution >= 4 is 17.6 Å². The Morgan fingerprint density at radius 3 is 2.58 bits per heavy atom. The van der Waals surface area contributed by atoms with Crippen LogP contribution in [0.4, 0.5) is 5.69 Å². The van der Waals surface area contributed by atoms with Crippen molar-refractivity contribution in [2.75, 3.05) is 11.9 Å². The van der Waals surface area contributed by atoms with Gasteiger partial charge in [-0.3, -0.25) is 9.59 Å². The molecule has 1 atom stereocenters. The van der Waals surface area contributed by atoms with Gasteiger partial charge in [-0.2, -0.15) is 0 Å². The molecule has 0 saturated heterocycles. The average molecular weight is 265 g/mol. The standard InChI is InChI=1S/C14H19NO4/c1-9(2)19-8-13(16)15-12-6-4-5-11(7-12)10(3)14(17)18/h4-7,9-10H,8H2,1-3H3,(H,15,16)(H,17,18). The topological polar surface area (TPSA) is 75.6 Å². The number of hydrogen-bond acceptors (Lipinski definition) is 3. The van der Waals surface area contributed by atoms with Crippen LogP contribution in [0.3, 0.4) is 0 Å². The van der Waals surface area contributed by atoms with E-state index in [1.165, 1.54) is 0 Å². The van der Waals surface area contributed by atoms with E-state index in [0.29, 0.717) is 11.3 Å². The van der Waals surface area contributed by atoms with E-state index in [2.05, 4.69) is 5.32 Å². The van der Waals surface area contributed by atoms with E-state index in [4.69, 9.17) is 9.84 Å². The molecule has 0 aromatic heterocycles. The van der Waals surface area contributed by atoms with Crippen LogP contribution in [0.25, 0.3) is 0 Å². The third kappa shape index (κ3) is 5.09. The van der Waals surface area contributed by atoms with Gasteiger partial charge >= 0.3 is 5.97 Å². The zero-order valence-electron chi connectivity index (χ0n) is 11.3. The Morgan fingerprint density at radius 1 is 1.32 bits per heavy atom. The highest BCUT2D eigenvalue weighted by atomic mass is 16.5. The molecule has 19 heavy (non-hydrogen) atoms. The number of carbonyl (C=O) groups excluding carboxylic acids is 1. The van der Waals surface area contributed by atoms with Crippen molar-refractivity contribution in [2.45, 2.75) is 32.8 Å². The Kier molecular flexibility index (Phi) is 5.51. The van der Waals surface area contributed by atoms with Crippen LogP contribution in [0, 0.1) is 0 Å². The maximum atomic E-state index is 11.6. The molecule has 0 spiro atoms. The molecule has 0 bridgehead atoms. The zero-order chi connectivity index (χ0) is 14.4. The van der Waals surface area contributed by atoms with Crippen LogP contribution >= 0.6 is 0 Å². The van der Waals surface area contributed by atoms with E-state index in [-0.39, 0.29) is 18.6 Å². The fourth-order valence-corrected chi connectivity index (χ4v) is 1.47. The van der Waals surface area contributed by atoms with E-state index in [0.717, 1.165) is 0 Å². The summed E-state index contributed by atoms with van der Waals surface area (Å²) < 4.78 is 5.19. The van der Waals surface area contributed by atoms with Gasteiger partial charge in [0.15, 0.2) is 0 Å². The van der Waals surface area contributed by atoms with Crippen molar-refractivity contribution in [3.63, 3.8) is 0 Å². The minimum absolute atomic E-state index is 0.0101. The number of ether oxygens (including phenoxy) is 1. The van der Waals surface area contributed by atoms with E-state index in [9.17, 15) is 9.59 Å². The highest BCUT2D eigenvalue weighted by Gasteiger charge is 2.14. The average Bonchev–Trinajstić information content (AvgIpc) is 2.35. The van der Waals surface area contributed by atoms with Gasteiger partial charge in [0.05, 0.1) is 12.0 Å². The summed E-state index contributed by atoms with van der Waals surface area (Å²) in [7, 11) is 0. The monoisotopic (exact) mass is 265 g/mol. The fraction of sp³-hybridized carbons (Fsp3) is 0.429. The van der Waals surface area contributed by atoms with Crippen molar-refractivity contribution in [3.05, 3.63) is 29.8 Å². The molecule has 1 rings (SSSR count). The fourth-order valence-electron chi connectivity index (χ4n) is 1.47. The van der Waals surface area contributed by atoms with Crippen molar-refractivity contribution in [2.24, 2.45) is 0 Å². The third-order valence-corrected chi connectivity index (χ3v) is 2.59. The number of benzene rings is 1. The minimum Gasteiger partial charge on any atom is -0.481 e. The molecule has 0 aliphatic rings. The van der Waals surface area contributed by atoms with Crippen molar-refractivity contribution in [3.8, 4) is 0 Å². The summed E-state index contributed by atoms with van der Waals surface area (Å²) >= 11 is 0. The van der Waals surface area contributed by atoms with Gasteiger partial charge in [0, 0.05) is 5.69 Å². The van der Waals surface area contributed by atoms with Crippen LogP contribution in [-0.4, -0.2) is 29.7 Å². The minimum atomic E-state index is -0.897. The summed E-state index contributed by atoms with van der Waals surface area (Å²) in [5.74, 6) is -1.76. The lowest BCUT2D eigenvalue weighted by Gasteiger charge is -2.11. The van der Waals surface area contributed by atoms with E-state index in [1.54, 1.807) is 31.2 Å². The smallest absolute Gasteiger partial charge is 0.310 e. The number of carboxylic acid groups (broad SMARTS) is 1. The van der Waals surface area contributed by atoms with Gasteiger partial charge in [-0.1, -0.05) is 12.1 Å². The molecule has 104 valence electrons. The Morgan fingerprint density at radius 2 is 2.00 bits per heavy atom. The number of carboxylic acids is 1. The lowest BCUT2D eigenvalue weighted by Crippen LogP contribution is -2.20. The second-order valence-electron chi connectivity index (χ2n) is 4.59. The maximum absolute atomic E-state index is 11.6. The van der Waals surface area contributed by atoms with Gasteiger partial charge in [-0.25, -0.2) is 0 Å². The van der Waals surface area contributed by atoms with Crippen molar-refractivity contribution in [1.29, 1.82) is 0 Å². The molecular formula is C14H19NO4. The van der Waals surface area contributed by atoms with Crippen molar-refractivity contribution < 1.29 is 19.4 Å².